The molecule has 0 bridgehead atoms. The molecule has 7 aromatic rings. The number of amides is 1. The van der Waals surface area contributed by atoms with Crippen LogP contribution in [-0.4, -0.2) is 98.5 Å². The van der Waals surface area contributed by atoms with Gasteiger partial charge in [0.1, 0.15) is 28.4 Å². The number of thiophene rings is 1. The molecule has 1 fully saturated rings. The number of halogens is 4. The summed E-state index contributed by atoms with van der Waals surface area (Å²) in [6, 6.07) is 26.6. The van der Waals surface area contributed by atoms with Crippen LogP contribution in [0.25, 0.3) is 22.1 Å². The highest BCUT2D eigenvalue weighted by Crippen LogP contribution is 2.41. The number of piperidine rings is 1. The molecule has 1 amide bonds. The molecule has 0 radical (unpaired) electrons. The Morgan fingerprint density at radius 3 is 2.15 bits per heavy atom. The average molecular weight is 1050 g/mol. The van der Waals surface area contributed by atoms with Crippen LogP contribution in [0, 0.1) is 26.7 Å². The lowest BCUT2D eigenvalue weighted by Gasteiger charge is -2.32. The van der Waals surface area contributed by atoms with Gasteiger partial charge in [-0.15, -0.1) is 21.5 Å². The number of alkyl halides is 3. The lowest BCUT2D eigenvalue weighted by atomic mass is 9.90. The van der Waals surface area contributed by atoms with Gasteiger partial charge in [0.2, 0.25) is 5.91 Å². The van der Waals surface area contributed by atoms with E-state index in [0.717, 1.165) is 77.7 Å². The number of aryl methyl sites for hydroxylation is 2. The molecule has 2 aliphatic rings. The molecule has 5 heterocycles. The molecular formula is C54H57ClF3N9O6S. The normalized spacial score (nSPS) is 15.4. The van der Waals surface area contributed by atoms with Crippen molar-refractivity contribution in [3.05, 3.63) is 156 Å². The molecule has 15 nitrogen and oxygen atoms in total. The van der Waals surface area contributed by atoms with Gasteiger partial charge in [0.05, 0.1) is 29.4 Å². The molecule has 4 aromatic carbocycles. The van der Waals surface area contributed by atoms with Crippen LogP contribution in [0.3, 0.4) is 0 Å². The van der Waals surface area contributed by atoms with E-state index in [1.54, 1.807) is 17.4 Å². The lowest BCUT2D eigenvalue weighted by molar-refractivity contribution is -0.192. The van der Waals surface area contributed by atoms with Gasteiger partial charge in [0.25, 0.3) is 0 Å². The number of likely N-dealkylation sites (tertiary alicyclic amines) is 1. The summed E-state index contributed by atoms with van der Waals surface area (Å²) in [5.74, 6) is -0.675. The fraction of sp³-hybridized carbons (Fsp3) is 0.352. The van der Waals surface area contributed by atoms with E-state index in [1.165, 1.54) is 26.6 Å². The van der Waals surface area contributed by atoms with Crippen molar-refractivity contribution in [3.63, 3.8) is 0 Å². The van der Waals surface area contributed by atoms with Gasteiger partial charge in [0, 0.05) is 40.7 Å². The van der Waals surface area contributed by atoms with Gasteiger partial charge in [-0.25, -0.2) is 19.3 Å². The predicted molar refractivity (Wildman–Crippen MR) is 278 cm³/mol. The van der Waals surface area contributed by atoms with E-state index in [9.17, 15) is 33.0 Å². The van der Waals surface area contributed by atoms with Crippen molar-refractivity contribution in [2.75, 3.05) is 20.1 Å². The molecule has 4 N–H and O–H groups in total. The second-order valence-corrected chi connectivity index (χ2v) is 20.8. The summed E-state index contributed by atoms with van der Waals surface area (Å²) >= 11 is 8.00. The minimum atomic E-state index is -5.08. The number of phenols is 2. The number of hydrogen-bond donors (Lipinski definition) is 4. The fourth-order valence-electron chi connectivity index (χ4n) is 9.46. The Bertz CT molecular complexity index is 3270. The van der Waals surface area contributed by atoms with Crippen LogP contribution in [0.2, 0.25) is 5.02 Å². The number of aromatic amines is 1. The topological polar surface area (TPSA) is 195 Å². The number of aromatic nitrogens is 6. The molecule has 388 valence electrons. The number of aliphatic carboxylic acids is 1. The third-order valence-electron chi connectivity index (χ3n) is 13.9. The molecular weight excluding hydrogens is 995 g/mol. The summed E-state index contributed by atoms with van der Waals surface area (Å²) in [5, 5.41) is 45.7. The summed E-state index contributed by atoms with van der Waals surface area (Å²) < 4.78 is 35.3. The van der Waals surface area contributed by atoms with Crippen LogP contribution in [0.4, 0.5) is 13.2 Å². The number of nitrogens with one attached hydrogen (secondary N) is 1. The average Bonchev–Trinajstić information content (AvgIpc) is 4.00. The quantitative estimate of drug-likeness (QED) is 0.0914. The Labute approximate surface area is 434 Å². The molecule has 0 spiro atoms. The Morgan fingerprint density at radius 1 is 0.892 bits per heavy atom. The summed E-state index contributed by atoms with van der Waals surface area (Å²) in [6.07, 6.45) is -1.82. The van der Waals surface area contributed by atoms with E-state index < -0.39 is 23.9 Å². The monoisotopic (exact) mass is 1050 g/mol. The van der Waals surface area contributed by atoms with Crippen molar-refractivity contribution in [3.8, 4) is 33.6 Å². The van der Waals surface area contributed by atoms with Crippen LogP contribution >= 0.6 is 22.9 Å². The second-order valence-electron chi connectivity index (χ2n) is 19.2. The SMILES string of the molecule is Cc1sc2c(c1C)C(c1ccc(Cl)cc1)=N[C@@H](CC(=O)N(C)[C@H](C)c1ccc(CN3CCC(Cc4ccc(-n5c(-c6cc(C(C)C)c(O)cc6O)n[nH]c5=O)cc4)CC3)cc1)c1nnc(C)n1-2.O=C(O)C(F)(F)F. The number of rotatable bonds is 12. The Balaban J connectivity index is 0.000000972. The first-order valence-corrected chi connectivity index (χ1v) is 25.3. The maximum atomic E-state index is 14.2. The number of aromatic hydroxyl groups is 2. The van der Waals surface area contributed by atoms with Crippen LogP contribution in [0.5, 0.6) is 11.5 Å². The van der Waals surface area contributed by atoms with Gasteiger partial charge in [0.15, 0.2) is 11.6 Å². The number of carboxylic acids is 1. The summed E-state index contributed by atoms with van der Waals surface area (Å²) in [5.41, 5.74) is 8.72. The molecule has 9 rings (SSSR count). The molecule has 0 unspecified atom stereocenters. The number of nitrogens with zero attached hydrogens (tertiary/aromatic N) is 8. The summed E-state index contributed by atoms with van der Waals surface area (Å²) in [4.78, 5) is 46.8. The number of carboxylic acid groups (broad SMARTS) is 1. The fourth-order valence-corrected chi connectivity index (χ4v) is 10.8. The first-order chi connectivity index (χ1) is 35.1. The summed E-state index contributed by atoms with van der Waals surface area (Å²) in [6.45, 7) is 15.0. The van der Waals surface area contributed by atoms with Crippen molar-refractivity contribution in [1.82, 2.24) is 39.3 Å². The minimum absolute atomic E-state index is 0.00397. The number of hydrogen-bond acceptors (Lipinski definition) is 11. The van der Waals surface area contributed by atoms with E-state index in [0.29, 0.717) is 33.6 Å². The maximum absolute atomic E-state index is 14.2. The molecule has 0 saturated carbocycles. The van der Waals surface area contributed by atoms with Gasteiger partial charge in [-0.2, -0.15) is 18.3 Å². The smallest absolute Gasteiger partial charge is 0.490 e. The van der Waals surface area contributed by atoms with Gasteiger partial charge >= 0.3 is 17.8 Å². The molecule has 2 atom stereocenters. The third kappa shape index (κ3) is 11.3. The molecule has 20 heteroatoms. The Kier molecular flexibility index (Phi) is 15.7. The molecule has 0 aliphatic carbocycles. The number of phenolic OH excluding ortho intramolecular Hbond substituents is 2. The Morgan fingerprint density at radius 2 is 1.53 bits per heavy atom. The lowest BCUT2D eigenvalue weighted by Crippen LogP contribution is -2.34. The number of fused-ring (bicyclic) bond motifs is 3. The first-order valence-electron chi connectivity index (χ1n) is 24.2. The van der Waals surface area contributed by atoms with Gasteiger partial charge < -0.3 is 20.2 Å². The van der Waals surface area contributed by atoms with Gasteiger partial charge in [-0.05, 0) is 130 Å². The number of benzene rings is 4. The predicted octanol–water partition coefficient (Wildman–Crippen LogP) is 10.6. The van der Waals surface area contributed by atoms with Crippen LogP contribution < -0.4 is 5.69 Å². The molecule has 2 aliphatic heterocycles. The second kappa shape index (κ2) is 21.8. The number of carbonyl (C=O) groups is 2. The zero-order chi connectivity index (χ0) is 53.3. The van der Waals surface area contributed by atoms with Crippen LogP contribution in [0.15, 0.2) is 94.7 Å². The highest BCUT2D eigenvalue weighted by Gasteiger charge is 2.38. The van der Waals surface area contributed by atoms with Crippen molar-refractivity contribution >= 4 is 40.5 Å². The Hall–Kier alpha value is -7.09. The zero-order valence-corrected chi connectivity index (χ0v) is 43.5. The van der Waals surface area contributed by atoms with E-state index in [-0.39, 0.29) is 41.6 Å². The number of aliphatic imine (C=N–C) groups is 1. The van der Waals surface area contributed by atoms with Gasteiger partial charge in [-0.3, -0.25) is 19.3 Å². The third-order valence-corrected chi connectivity index (χ3v) is 15.4. The van der Waals surface area contributed by atoms with E-state index in [2.05, 4.69) is 87.0 Å². The van der Waals surface area contributed by atoms with E-state index in [1.807, 2.05) is 69.1 Å². The highest BCUT2D eigenvalue weighted by molar-refractivity contribution is 7.15. The van der Waals surface area contributed by atoms with Crippen molar-refractivity contribution in [1.29, 1.82) is 0 Å². The van der Waals surface area contributed by atoms with E-state index in [4.69, 9.17) is 26.5 Å². The van der Waals surface area contributed by atoms with Crippen molar-refractivity contribution in [2.45, 2.75) is 97.9 Å². The van der Waals surface area contributed by atoms with E-state index >= 15 is 0 Å². The molecule has 1 saturated heterocycles. The van der Waals surface area contributed by atoms with Crippen LogP contribution in [-0.2, 0) is 22.6 Å². The van der Waals surface area contributed by atoms with Gasteiger partial charge in [-0.1, -0.05) is 74.0 Å². The minimum Gasteiger partial charge on any atom is -0.508 e. The molecule has 3 aromatic heterocycles. The summed E-state index contributed by atoms with van der Waals surface area (Å²) in [7, 11) is 1.87. The number of carbonyl (C=O) groups excluding carboxylic acids is 1. The standard InChI is InChI=1S/C52H56ClN9O4S.C2HF3O2/c1-29(2)41-25-42(45(64)27-44(41)63)49-56-58-52(66)62(49)40-18-10-34(11-19-40)24-35-20-22-60(23-21-35)28-36-8-12-37(13-9-36)31(4)59(7)46(65)26-43-50-57-55-33(6)61(50)51-47(30(3)32(5)67-51)48(54-43)38-14-16-39(53)17-15-38;3-2(4,5)1(6)7/h8-19,25,27,29,31,35,43,63-64H,20-24,26,28H2,1-7H3,(H,58,66);(H,6,7)/t31-,43+;/m1./s1. The maximum Gasteiger partial charge on any atom is 0.490 e. The zero-order valence-electron chi connectivity index (χ0n) is 41.9. The van der Waals surface area contributed by atoms with Crippen molar-refractivity contribution in [2.24, 2.45) is 10.9 Å². The first kappa shape index (κ1) is 53.2. The number of H-pyrrole nitrogens is 1. The van der Waals surface area contributed by atoms with Crippen molar-refractivity contribution < 1.29 is 38.1 Å². The molecule has 74 heavy (non-hydrogen) atoms. The van der Waals surface area contributed by atoms with Crippen LogP contribution in [0.1, 0.15) is 114 Å². The highest BCUT2D eigenvalue weighted by atomic mass is 35.5. The largest absolute Gasteiger partial charge is 0.508 e.